The molecule has 4 aromatic carbocycles. The van der Waals surface area contributed by atoms with Crippen LogP contribution in [0.1, 0.15) is 16.7 Å². The fraction of sp³-hybridized carbons (Fsp3) is 0.242. The fourth-order valence-corrected chi connectivity index (χ4v) is 6.30. The van der Waals surface area contributed by atoms with Crippen LogP contribution in [0, 0.1) is 0 Å². The van der Waals surface area contributed by atoms with Crippen LogP contribution in [0.2, 0.25) is 10.0 Å². The standard InChI is InChI=1S/C33H31Cl2N5O3/c1-37(33(43)36-18-23-14-15-27(34)28(35)16-23)39-21-31(41)40-29(17-22-8-3-2-4-9-22)32(42)38(20-30(39)40)19-25-12-7-11-24-10-5-6-13-26(24)25/h2-16,29-30H,17-21H2,1H3,(H,36,43)/t29-,30+/m0/s1. The van der Waals surface area contributed by atoms with Gasteiger partial charge >= 0.3 is 6.03 Å². The van der Waals surface area contributed by atoms with E-state index >= 15 is 0 Å². The predicted molar refractivity (Wildman–Crippen MR) is 167 cm³/mol. The summed E-state index contributed by atoms with van der Waals surface area (Å²) in [5.41, 5.74) is 2.79. The number of hydrogen-bond acceptors (Lipinski definition) is 4. The molecule has 2 aliphatic heterocycles. The minimum absolute atomic E-state index is 0.0119. The summed E-state index contributed by atoms with van der Waals surface area (Å²) in [6.07, 6.45) is -0.121. The average Bonchev–Trinajstić information content (AvgIpc) is 3.35. The summed E-state index contributed by atoms with van der Waals surface area (Å²) < 4.78 is 0. The number of carbonyl (C=O) groups excluding carboxylic acids is 3. The molecule has 1 N–H and O–H groups in total. The van der Waals surface area contributed by atoms with Gasteiger partial charge in [0.2, 0.25) is 11.8 Å². The minimum atomic E-state index is -0.693. The Labute approximate surface area is 260 Å². The highest BCUT2D eigenvalue weighted by Crippen LogP contribution is 2.31. The van der Waals surface area contributed by atoms with Crippen molar-refractivity contribution in [2.24, 2.45) is 0 Å². The maximum atomic E-state index is 14.1. The zero-order valence-electron chi connectivity index (χ0n) is 23.6. The van der Waals surface area contributed by atoms with Crippen LogP contribution in [0.5, 0.6) is 0 Å². The van der Waals surface area contributed by atoms with E-state index in [-0.39, 0.29) is 37.5 Å². The van der Waals surface area contributed by atoms with Gasteiger partial charge in [-0.25, -0.2) is 4.79 Å². The van der Waals surface area contributed by atoms with E-state index in [4.69, 9.17) is 23.2 Å². The summed E-state index contributed by atoms with van der Waals surface area (Å²) in [6, 6.07) is 28.0. The first kappa shape index (κ1) is 29.0. The quantitative estimate of drug-likeness (QED) is 0.305. The van der Waals surface area contributed by atoms with Crippen LogP contribution in [0.4, 0.5) is 4.79 Å². The molecule has 0 bridgehead atoms. The van der Waals surface area contributed by atoms with Crippen molar-refractivity contribution in [2.75, 3.05) is 20.1 Å². The molecule has 0 unspecified atom stereocenters. The molecule has 4 amide bonds. The van der Waals surface area contributed by atoms with Gasteiger partial charge in [0.25, 0.3) is 0 Å². The molecule has 0 aromatic heterocycles. The van der Waals surface area contributed by atoms with E-state index in [1.807, 2.05) is 59.5 Å². The highest BCUT2D eigenvalue weighted by Gasteiger charge is 2.51. The monoisotopic (exact) mass is 615 g/mol. The van der Waals surface area contributed by atoms with Crippen molar-refractivity contribution in [2.45, 2.75) is 31.7 Å². The molecule has 6 rings (SSSR count). The maximum Gasteiger partial charge on any atom is 0.332 e. The molecule has 0 saturated carbocycles. The summed E-state index contributed by atoms with van der Waals surface area (Å²) in [6.45, 7) is 0.884. The number of halogens is 2. The van der Waals surface area contributed by atoms with Gasteiger partial charge in [0.05, 0.1) is 23.1 Å². The lowest BCUT2D eigenvalue weighted by Gasteiger charge is -2.46. The van der Waals surface area contributed by atoms with Crippen molar-refractivity contribution < 1.29 is 14.4 Å². The normalized spacial score (nSPS) is 18.7. The second kappa shape index (κ2) is 12.2. The van der Waals surface area contributed by atoms with E-state index in [9.17, 15) is 14.4 Å². The van der Waals surface area contributed by atoms with E-state index in [0.717, 1.165) is 27.5 Å². The number of benzene rings is 4. The van der Waals surface area contributed by atoms with Crippen molar-refractivity contribution in [3.63, 3.8) is 0 Å². The Bertz CT molecular complexity index is 1680. The molecule has 4 aromatic rings. The molecule has 10 heteroatoms. The molecule has 0 radical (unpaired) electrons. The average molecular weight is 617 g/mol. The van der Waals surface area contributed by atoms with Gasteiger partial charge in [0.1, 0.15) is 12.2 Å². The smallest absolute Gasteiger partial charge is 0.332 e. The Hall–Kier alpha value is -4.11. The van der Waals surface area contributed by atoms with Crippen LogP contribution >= 0.6 is 23.2 Å². The summed E-state index contributed by atoms with van der Waals surface area (Å²) in [5, 5.41) is 9.10. The SMILES string of the molecule is CN(C(=O)NCc1ccc(Cl)c(Cl)c1)N1CC(=O)N2[C@@H](Cc3ccccc3)C(=O)N(Cc3cccc4ccccc34)C[C@@H]21. The zero-order valence-corrected chi connectivity index (χ0v) is 25.1. The first-order chi connectivity index (χ1) is 20.8. The maximum absolute atomic E-state index is 14.1. The molecule has 0 aliphatic carbocycles. The summed E-state index contributed by atoms with van der Waals surface area (Å²) >= 11 is 12.2. The van der Waals surface area contributed by atoms with Gasteiger partial charge in [-0.2, -0.15) is 5.01 Å². The predicted octanol–water partition coefficient (Wildman–Crippen LogP) is 5.33. The zero-order chi connectivity index (χ0) is 30.1. The van der Waals surface area contributed by atoms with Crippen molar-refractivity contribution in [3.05, 3.63) is 118 Å². The minimum Gasteiger partial charge on any atom is -0.333 e. The lowest BCUT2D eigenvalue weighted by Crippen LogP contribution is -2.65. The van der Waals surface area contributed by atoms with Crippen molar-refractivity contribution in [1.82, 2.24) is 25.1 Å². The number of urea groups is 1. The lowest BCUT2D eigenvalue weighted by atomic mass is 9.99. The van der Waals surface area contributed by atoms with Gasteiger partial charge in [-0.05, 0) is 39.6 Å². The van der Waals surface area contributed by atoms with Crippen LogP contribution in [0.3, 0.4) is 0 Å². The Morgan fingerprint density at radius 3 is 2.44 bits per heavy atom. The summed E-state index contributed by atoms with van der Waals surface area (Å²) in [5.74, 6) is -0.289. The van der Waals surface area contributed by atoms with Gasteiger partial charge < -0.3 is 15.1 Å². The second-order valence-electron chi connectivity index (χ2n) is 10.9. The van der Waals surface area contributed by atoms with Crippen LogP contribution in [-0.4, -0.2) is 70.0 Å². The third kappa shape index (κ3) is 5.91. The Morgan fingerprint density at radius 1 is 0.907 bits per heavy atom. The van der Waals surface area contributed by atoms with Crippen molar-refractivity contribution in [3.8, 4) is 0 Å². The number of nitrogens with zero attached hydrogens (tertiary/aromatic N) is 4. The number of hydrogen-bond donors (Lipinski definition) is 1. The van der Waals surface area contributed by atoms with E-state index in [1.54, 1.807) is 35.2 Å². The van der Waals surface area contributed by atoms with Crippen LogP contribution in [0.15, 0.2) is 91.0 Å². The molecule has 2 aliphatic rings. The van der Waals surface area contributed by atoms with Gasteiger partial charge in [-0.1, -0.05) is 102 Å². The number of carbonyl (C=O) groups is 3. The van der Waals surface area contributed by atoms with Crippen LogP contribution in [0.25, 0.3) is 10.8 Å². The number of nitrogens with one attached hydrogen (secondary N) is 1. The Kier molecular flexibility index (Phi) is 8.25. The van der Waals surface area contributed by atoms with Gasteiger partial charge in [0, 0.05) is 26.6 Å². The molecule has 2 fully saturated rings. The highest BCUT2D eigenvalue weighted by molar-refractivity contribution is 6.42. The molecule has 220 valence electrons. The molecular weight excluding hydrogens is 585 g/mol. The molecule has 43 heavy (non-hydrogen) atoms. The van der Waals surface area contributed by atoms with Gasteiger partial charge in [-0.15, -0.1) is 0 Å². The molecule has 2 saturated heterocycles. The molecule has 0 spiro atoms. The third-order valence-electron chi connectivity index (χ3n) is 8.19. The van der Waals surface area contributed by atoms with Crippen LogP contribution in [-0.2, 0) is 29.1 Å². The number of rotatable bonds is 7. The van der Waals surface area contributed by atoms with E-state index < -0.39 is 12.2 Å². The summed E-state index contributed by atoms with van der Waals surface area (Å²) in [7, 11) is 1.64. The van der Waals surface area contributed by atoms with Crippen molar-refractivity contribution in [1.29, 1.82) is 0 Å². The largest absolute Gasteiger partial charge is 0.333 e. The molecule has 2 atom stereocenters. The first-order valence-corrected chi connectivity index (χ1v) is 14.9. The fourth-order valence-electron chi connectivity index (χ4n) is 5.98. The third-order valence-corrected chi connectivity index (χ3v) is 8.93. The second-order valence-corrected chi connectivity index (χ2v) is 11.7. The van der Waals surface area contributed by atoms with Crippen molar-refractivity contribution >= 4 is 51.8 Å². The van der Waals surface area contributed by atoms with Gasteiger partial charge in [-0.3, -0.25) is 14.6 Å². The molecule has 8 nitrogen and oxygen atoms in total. The lowest BCUT2D eigenvalue weighted by molar-refractivity contribution is -0.157. The Morgan fingerprint density at radius 2 is 1.65 bits per heavy atom. The van der Waals surface area contributed by atoms with Gasteiger partial charge in [0.15, 0.2) is 0 Å². The highest BCUT2D eigenvalue weighted by atomic mass is 35.5. The topological polar surface area (TPSA) is 76.2 Å². The number of amides is 4. The first-order valence-electron chi connectivity index (χ1n) is 14.1. The Balaban J connectivity index is 1.26. The summed E-state index contributed by atoms with van der Waals surface area (Å²) in [4.78, 5) is 44.4. The number of fused-ring (bicyclic) bond motifs is 2. The van der Waals surface area contributed by atoms with Crippen LogP contribution < -0.4 is 5.32 Å². The number of hydrazine groups is 1. The molecule has 2 heterocycles. The van der Waals surface area contributed by atoms with E-state index in [2.05, 4.69) is 23.5 Å². The van der Waals surface area contributed by atoms with E-state index in [0.29, 0.717) is 23.0 Å². The van der Waals surface area contributed by atoms with E-state index in [1.165, 1.54) is 5.01 Å². The molecular formula is C33H31Cl2N5O3. The number of piperazine rings is 1.